The molecule has 2 heterocycles. The number of hydrogen-bond acceptors (Lipinski definition) is 5. The van der Waals surface area contributed by atoms with Crippen LogP contribution in [0.3, 0.4) is 0 Å². The van der Waals surface area contributed by atoms with Gasteiger partial charge in [-0.2, -0.15) is 5.10 Å². The van der Waals surface area contributed by atoms with Gasteiger partial charge in [-0.05, 0) is 6.07 Å². The van der Waals surface area contributed by atoms with Gasteiger partial charge in [-0.25, -0.2) is 4.98 Å². The lowest BCUT2D eigenvalue weighted by molar-refractivity contribution is 0.0950. The van der Waals surface area contributed by atoms with Crippen LogP contribution in [0.2, 0.25) is 0 Å². The number of anilines is 1. The third-order valence-electron chi connectivity index (χ3n) is 1.98. The molecule has 82 valence electrons. The van der Waals surface area contributed by atoms with Crippen LogP contribution >= 0.6 is 0 Å². The Balaban J connectivity index is 2.01. The highest BCUT2D eigenvalue weighted by Crippen LogP contribution is 2.07. The highest BCUT2D eigenvalue weighted by Gasteiger charge is 2.09. The molecule has 2 aromatic heterocycles. The van der Waals surface area contributed by atoms with Gasteiger partial charge in [0.1, 0.15) is 12.2 Å². The average molecular weight is 218 g/mol. The topological polar surface area (TPSA) is 110 Å². The van der Waals surface area contributed by atoms with Crippen molar-refractivity contribution in [2.45, 2.75) is 6.54 Å². The molecule has 0 spiro atoms. The van der Waals surface area contributed by atoms with Gasteiger partial charge in [-0.3, -0.25) is 14.9 Å². The van der Waals surface area contributed by atoms with Crippen molar-refractivity contribution in [3.8, 4) is 0 Å². The van der Waals surface area contributed by atoms with Crippen molar-refractivity contribution in [2.24, 2.45) is 0 Å². The Morgan fingerprint density at radius 3 is 3.12 bits per heavy atom. The van der Waals surface area contributed by atoms with E-state index in [9.17, 15) is 4.79 Å². The third kappa shape index (κ3) is 2.14. The minimum absolute atomic E-state index is 0.267. The standard InChI is InChI=1S/C9H10N6O/c10-7-3-11-2-1-6(7)9(16)12-4-8-13-5-14-15-8/h1-3,5H,4,10H2,(H,12,16)(H,13,14,15). The van der Waals surface area contributed by atoms with Crippen molar-refractivity contribution >= 4 is 11.6 Å². The number of nitrogens with zero attached hydrogens (tertiary/aromatic N) is 3. The zero-order chi connectivity index (χ0) is 11.4. The van der Waals surface area contributed by atoms with Crippen molar-refractivity contribution in [2.75, 3.05) is 5.73 Å². The number of hydrogen-bond donors (Lipinski definition) is 3. The number of aromatic amines is 1. The average Bonchev–Trinajstić information content (AvgIpc) is 2.79. The van der Waals surface area contributed by atoms with E-state index in [0.29, 0.717) is 17.1 Å². The molecule has 0 saturated heterocycles. The first-order valence-corrected chi connectivity index (χ1v) is 4.59. The van der Waals surface area contributed by atoms with Gasteiger partial charge < -0.3 is 11.1 Å². The number of rotatable bonds is 3. The number of H-pyrrole nitrogens is 1. The highest BCUT2D eigenvalue weighted by molar-refractivity contribution is 5.98. The summed E-state index contributed by atoms with van der Waals surface area (Å²) in [5, 5.41) is 8.97. The van der Waals surface area contributed by atoms with Crippen LogP contribution in [0.4, 0.5) is 5.69 Å². The molecule has 0 saturated carbocycles. The lowest BCUT2D eigenvalue weighted by Crippen LogP contribution is -2.24. The predicted molar refractivity (Wildman–Crippen MR) is 56.2 cm³/mol. The molecule has 0 unspecified atom stereocenters. The Labute approximate surface area is 91.1 Å². The summed E-state index contributed by atoms with van der Waals surface area (Å²) < 4.78 is 0. The Kier molecular flexibility index (Phi) is 2.77. The minimum atomic E-state index is -0.267. The molecule has 2 aromatic rings. The van der Waals surface area contributed by atoms with Crippen LogP contribution < -0.4 is 11.1 Å². The Bertz CT molecular complexity index is 481. The highest BCUT2D eigenvalue weighted by atomic mass is 16.1. The fourth-order valence-electron chi connectivity index (χ4n) is 1.19. The van der Waals surface area contributed by atoms with E-state index in [1.165, 1.54) is 18.7 Å². The Morgan fingerprint density at radius 2 is 2.44 bits per heavy atom. The molecule has 7 nitrogen and oxygen atoms in total. The number of pyridine rings is 1. The molecule has 0 aliphatic heterocycles. The monoisotopic (exact) mass is 218 g/mol. The number of carbonyl (C=O) groups is 1. The molecular weight excluding hydrogens is 208 g/mol. The molecule has 0 atom stereocenters. The second-order valence-electron chi connectivity index (χ2n) is 3.08. The van der Waals surface area contributed by atoms with Crippen LogP contribution in [-0.2, 0) is 6.54 Å². The number of aromatic nitrogens is 4. The van der Waals surface area contributed by atoms with Crippen LogP contribution in [0.25, 0.3) is 0 Å². The van der Waals surface area contributed by atoms with E-state index in [2.05, 4.69) is 25.5 Å². The summed E-state index contributed by atoms with van der Waals surface area (Å²) in [5.74, 6) is 0.317. The summed E-state index contributed by atoms with van der Waals surface area (Å²) in [7, 11) is 0. The summed E-state index contributed by atoms with van der Waals surface area (Å²) in [5.41, 5.74) is 6.35. The Morgan fingerprint density at radius 1 is 1.56 bits per heavy atom. The molecule has 1 amide bonds. The van der Waals surface area contributed by atoms with Crippen molar-refractivity contribution in [1.82, 2.24) is 25.5 Å². The predicted octanol–water partition coefficient (Wildman–Crippen LogP) is -0.288. The number of nitrogens with two attached hydrogens (primary N) is 1. The first kappa shape index (κ1) is 10.1. The SMILES string of the molecule is Nc1cnccc1C(=O)NCc1ncn[nH]1. The third-order valence-corrected chi connectivity index (χ3v) is 1.98. The molecule has 0 aliphatic carbocycles. The van der Waals surface area contributed by atoms with Crippen molar-refractivity contribution in [3.05, 3.63) is 36.2 Å². The van der Waals surface area contributed by atoms with E-state index in [1.807, 2.05) is 0 Å². The summed E-state index contributed by atoms with van der Waals surface area (Å²) >= 11 is 0. The lowest BCUT2D eigenvalue weighted by atomic mass is 10.2. The van der Waals surface area contributed by atoms with Crippen LogP contribution in [0.1, 0.15) is 16.2 Å². The van der Waals surface area contributed by atoms with E-state index >= 15 is 0 Å². The molecule has 0 bridgehead atoms. The van der Waals surface area contributed by atoms with E-state index in [1.54, 1.807) is 6.07 Å². The molecule has 4 N–H and O–H groups in total. The quantitative estimate of drug-likeness (QED) is 0.655. The van der Waals surface area contributed by atoms with Crippen LogP contribution in [0.15, 0.2) is 24.8 Å². The number of nitrogens with one attached hydrogen (secondary N) is 2. The molecule has 7 heteroatoms. The lowest BCUT2D eigenvalue weighted by Gasteiger charge is -2.04. The van der Waals surface area contributed by atoms with Crippen LogP contribution in [0, 0.1) is 0 Å². The number of nitrogen functional groups attached to an aromatic ring is 1. The molecule has 0 fully saturated rings. The molecule has 2 rings (SSSR count). The van der Waals surface area contributed by atoms with Gasteiger partial charge in [0.25, 0.3) is 5.91 Å². The summed E-state index contributed by atoms with van der Waals surface area (Å²) in [6.07, 6.45) is 4.32. The maximum absolute atomic E-state index is 11.7. The van der Waals surface area contributed by atoms with Gasteiger partial charge in [0.2, 0.25) is 0 Å². The second kappa shape index (κ2) is 4.39. The first-order chi connectivity index (χ1) is 7.77. The first-order valence-electron chi connectivity index (χ1n) is 4.59. The second-order valence-corrected chi connectivity index (χ2v) is 3.08. The maximum Gasteiger partial charge on any atom is 0.253 e. The maximum atomic E-state index is 11.7. The van der Waals surface area contributed by atoms with E-state index in [-0.39, 0.29) is 12.5 Å². The van der Waals surface area contributed by atoms with Crippen molar-refractivity contribution in [1.29, 1.82) is 0 Å². The Hall–Kier alpha value is -2.44. The largest absolute Gasteiger partial charge is 0.397 e. The fourth-order valence-corrected chi connectivity index (χ4v) is 1.19. The zero-order valence-electron chi connectivity index (χ0n) is 8.34. The normalized spacial score (nSPS) is 10.0. The van der Waals surface area contributed by atoms with Gasteiger partial charge in [0, 0.05) is 6.20 Å². The number of carbonyl (C=O) groups excluding carboxylic acids is 1. The van der Waals surface area contributed by atoms with E-state index < -0.39 is 0 Å². The molecule has 0 radical (unpaired) electrons. The molecule has 16 heavy (non-hydrogen) atoms. The van der Waals surface area contributed by atoms with E-state index in [0.717, 1.165) is 0 Å². The minimum Gasteiger partial charge on any atom is -0.397 e. The van der Waals surface area contributed by atoms with Gasteiger partial charge in [-0.1, -0.05) is 0 Å². The van der Waals surface area contributed by atoms with Gasteiger partial charge >= 0.3 is 0 Å². The van der Waals surface area contributed by atoms with E-state index in [4.69, 9.17) is 5.73 Å². The smallest absolute Gasteiger partial charge is 0.253 e. The zero-order valence-corrected chi connectivity index (χ0v) is 8.34. The van der Waals surface area contributed by atoms with Crippen molar-refractivity contribution in [3.63, 3.8) is 0 Å². The van der Waals surface area contributed by atoms with Crippen LogP contribution in [0.5, 0.6) is 0 Å². The molecule has 0 aliphatic rings. The molecule has 0 aromatic carbocycles. The summed E-state index contributed by atoms with van der Waals surface area (Å²) in [6, 6.07) is 1.56. The van der Waals surface area contributed by atoms with Gasteiger partial charge in [0.15, 0.2) is 0 Å². The summed E-state index contributed by atoms with van der Waals surface area (Å²) in [6.45, 7) is 0.278. The van der Waals surface area contributed by atoms with Gasteiger partial charge in [-0.15, -0.1) is 0 Å². The summed E-state index contributed by atoms with van der Waals surface area (Å²) in [4.78, 5) is 19.4. The fraction of sp³-hybridized carbons (Fsp3) is 0.111. The van der Waals surface area contributed by atoms with Crippen molar-refractivity contribution < 1.29 is 4.79 Å². The molecular formula is C9H10N6O. The number of amides is 1. The van der Waals surface area contributed by atoms with Gasteiger partial charge in [0.05, 0.1) is 24.0 Å². The van der Waals surface area contributed by atoms with Crippen LogP contribution in [-0.4, -0.2) is 26.1 Å².